The van der Waals surface area contributed by atoms with Crippen LogP contribution in [0.5, 0.6) is 0 Å². The molecule has 0 aromatic heterocycles. The first-order valence-electron chi connectivity index (χ1n) is 6.41. The number of hydrogen-bond donors (Lipinski definition) is 2. The van der Waals surface area contributed by atoms with Crippen LogP contribution >= 0.6 is 0 Å². The summed E-state index contributed by atoms with van der Waals surface area (Å²) in [6, 6.07) is 0. The first-order chi connectivity index (χ1) is 8.20. The van der Waals surface area contributed by atoms with Crippen LogP contribution in [0.15, 0.2) is 0 Å². The van der Waals surface area contributed by atoms with Gasteiger partial charge in [0.05, 0.1) is 0 Å². The number of ether oxygens (including phenoxy) is 1. The molecular weight excluding hydrogens is 234 g/mol. The standard InChI is InChI=1S/C8H14O2.C5H11NO2/c9-8(10)6-7-4-2-1-3-5-7;1-5(2,3)8-4(6)7/h7H,1-6H2,(H,9,10);1-3H3,(H2,6,7). The van der Waals surface area contributed by atoms with Gasteiger partial charge >= 0.3 is 12.1 Å². The number of hydrogen-bond acceptors (Lipinski definition) is 3. The Hall–Kier alpha value is -1.26. The van der Waals surface area contributed by atoms with Gasteiger partial charge in [-0.25, -0.2) is 4.79 Å². The molecule has 3 N–H and O–H groups in total. The first-order valence-corrected chi connectivity index (χ1v) is 6.41. The second-order valence-corrected chi connectivity index (χ2v) is 5.64. The summed E-state index contributed by atoms with van der Waals surface area (Å²) in [6.07, 6.45) is 5.70. The number of nitrogens with two attached hydrogens (primary N) is 1. The maximum atomic E-state index is 10.3. The molecule has 0 aliphatic heterocycles. The summed E-state index contributed by atoms with van der Waals surface area (Å²) < 4.78 is 4.58. The smallest absolute Gasteiger partial charge is 0.405 e. The Balaban J connectivity index is 0.000000331. The molecule has 0 bridgehead atoms. The summed E-state index contributed by atoms with van der Waals surface area (Å²) in [6.45, 7) is 5.28. The van der Waals surface area contributed by atoms with Gasteiger partial charge in [0, 0.05) is 6.42 Å². The van der Waals surface area contributed by atoms with Crippen molar-refractivity contribution in [1.29, 1.82) is 0 Å². The third-order valence-corrected chi connectivity index (χ3v) is 2.59. The van der Waals surface area contributed by atoms with Gasteiger partial charge in [0.15, 0.2) is 0 Å². The molecule has 5 nitrogen and oxygen atoms in total. The van der Waals surface area contributed by atoms with E-state index in [1.165, 1.54) is 19.3 Å². The lowest BCUT2D eigenvalue weighted by molar-refractivity contribution is -0.138. The number of carboxylic acids is 1. The van der Waals surface area contributed by atoms with Gasteiger partial charge in [-0.3, -0.25) is 4.79 Å². The second kappa shape index (κ2) is 7.95. The Labute approximate surface area is 109 Å². The van der Waals surface area contributed by atoms with E-state index >= 15 is 0 Å². The van der Waals surface area contributed by atoms with Crippen molar-refractivity contribution in [3.05, 3.63) is 0 Å². The van der Waals surface area contributed by atoms with Gasteiger partial charge in [-0.05, 0) is 39.5 Å². The van der Waals surface area contributed by atoms with Crippen LogP contribution in [0.3, 0.4) is 0 Å². The molecule has 1 aliphatic carbocycles. The number of primary amides is 1. The fourth-order valence-electron chi connectivity index (χ4n) is 1.94. The minimum atomic E-state index is -0.725. The van der Waals surface area contributed by atoms with Crippen LogP contribution in [0.25, 0.3) is 0 Å². The largest absolute Gasteiger partial charge is 0.481 e. The summed E-state index contributed by atoms with van der Waals surface area (Å²) in [5.41, 5.74) is 4.26. The molecule has 1 saturated carbocycles. The van der Waals surface area contributed by atoms with E-state index in [1.807, 2.05) is 0 Å². The highest BCUT2D eigenvalue weighted by Gasteiger charge is 2.15. The topological polar surface area (TPSA) is 89.6 Å². The summed E-state index contributed by atoms with van der Waals surface area (Å²) in [7, 11) is 0. The van der Waals surface area contributed by atoms with Crippen molar-refractivity contribution in [3.63, 3.8) is 0 Å². The lowest BCUT2D eigenvalue weighted by atomic mass is 9.87. The molecular formula is C13H25NO4. The van der Waals surface area contributed by atoms with E-state index in [0.29, 0.717) is 12.3 Å². The Kier molecular flexibility index (Phi) is 7.39. The fourth-order valence-corrected chi connectivity index (χ4v) is 1.94. The van der Waals surface area contributed by atoms with E-state index in [9.17, 15) is 9.59 Å². The number of carboxylic acid groups (broad SMARTS) is 1. The monoisotopic (exact) mass is 259 g/mol. The predicted octanol–water partition coefficient (Wildman–Crippen LogP) is 2.92. The molecule has 0 saturated heterocycles. The van der Waals surface area contributed by atoms with Gasteiger partial charge in [0.25, 0.3) is 0 Å². The molecule has 1 rings (SSSR count). The highest BCUT2D eigenvalue weighted by molar-refractivity contribution is 5.67. The van der Waals surface area contributed by atoms with Crippen molar-refractivity contribution < 1.29 is 19.4 Å². The van der Waals surface area contributed by atoms with Crippen molar-refractivity contribution in [1.82, 2.24) is 0 Å². The Morgan fingerprint density at radius 2 is 1.72 bits per heavy atom. The van der Waals surface area contributed by atoms with E-state index in [-0.39, 0.29) is 0 Å². The summed E-state index contributed by atoms with van der Waals surface area (Å²) in [5, 5.41) is 8.47. The van der Waals surface area contributed by atoms with Crippen LogP contribution in [0.4, 0.5) is 4.79 Å². The Bertz CT molecular complexity index is 265. The molecule has 0 aromatic rings. The number of carbonyl (C=O) groups excluding carboxylic acids is 1. The molecule has 0 unspecified atom stereocenters. The quantitative estimate of drug-likeness (QED) is 0.797. The van der Waals surface area contributed by atoms with Crippen LogP contribution in [0.1, 0.15) is 59.3 Å². The number of rotatable bonds is 2. The number of aliphatic carboxylic acids is 1. The van der Waals surface area contributed by atoms with Crippen LogP contribution in [-0.2, 0) is 9.53 Å². The van der Waals surface area contributed by atoms with Gasteiger partial charge in [-0.2, -0.15) is 0 Å². The van der Waals surface area contributed by atoms with E-state index in [0.717, 1.165) is 12.8 Å². The minimum absolute atomic E-state index is 0.389. The summed E-state index contributed by atoms with van der Waals surface area (Å²) >= 11 is 0. The normalized spacial score (nSPS) is 16.4. The van der Waals surface area contributed by atoms with Gasteiger partial charge in [-0.1, -0.05) is 19.3 Å². The minimum Gasteiger partial charge on any atom is -0.481 e. The van der Waals surface area contributed by atoms with Gasteiger partial charge < -0.3 is 15.6 Å². The fraction of sp³-hybridized carbons (Fsp3) is 0.846. The Morgan fingerprint density at radius 3 is 2.00 bits per heavy atom. The maximum Gasteiger partial charge on any atom is 0.405 e. The molecule has 1 aliphatic rings. The highest BCUT2D eigenvalue weighted by Crippen LogP contribution is 2.25. The zero-order chi connectivity index (χ0) is 14.2. The second-order valence-electron chi connectivity index (χ2n) is 5.64. The molecule has 0 atom stereocenters. The summed E-state index contributed by atoms with van der Waals surface area (Å²) in [5.74, 6) is -0.154. The average molecular weight is 259 g/mol. The van der Waals surface area contributed by atoms with E-state index < -0.39 is 17.7 Å². The van der Waals surface area contributed by atoms with Crippen molar-refractivity contribution in [2.75, 3.05) is 0 Å². The Morgan fingerprint density at radius 1 is 1.22 bits per heavy atom. The third-order valence-electron chi connectivity index (χ3n) is 2.59. The maximum absolute atomic E-state index is 10.3. The number of carbonyl (C=O) groups is 2. The van der Waals surface area contributed by atoms with E-state index in [1.54, 1.807) is 20.8 Å². The molecule has 1 fully saturated rings. The average Bonchev–Trinajstić information content (AvgIpc) is 2.14. The zero-order valence-electron chi connectivity index (χ0n) is 11.6. The predicted molar refractivity (Wildman–Crippen MR) is 69.2 cm³/mol. The van der Waals surface area contributed by atoms with Gasteiger partial charge in [0.1, 0.15) is 5.60 Å². The first kappa shape index (κ1) is 16.7. The molecule has 18 heavy (non-hydrogen) atoms. The molecule has 0 heterocycles. The van der Waals surface area contributed by atoms with Crippen LogP contribution in [0.2, 0.25) is 0 Å². The summed E-state index contributed by atoms with van der Waals surface area (Å²) in [4.78, 5) is 20.3. The third kappa shape index (κ3) is 11.2. The van der Waals surface area contributed by atoms with Crippen molar-refractivity contribution in [3.8, 4) is 0 Å². The lowest BCUT2D eigenvalue weighted by Crippen LogP contribution is -2.27. The molecule has 1 amide bonds. The molecule has 0 spiro atoms. The molecule has 5 heteroatoms. The van der Waals surface area contributed by atoms with Crippen LogP contribution in [0, 0.1) is 5.92 Å². The van der Waals surface area contributed by atoms with Crippen LogP contribution in [-0.4, -0.2) is 22.8 Å². The zero-order valence-corrected chi connectivity index (χ0v) is 11.6. The van der Waals surface area contributed by atoms with Crippen molar-refractivity contribution >= 4 is 12.1 Å². The van der Waals surface area contributed by atoms with Gasteiger partial charge in [0.2, 0.25) is 0 Å². The molecule has 106 valence electrons. The van der Waals surface area contributed by atoms with Crippen LogP contribution < -0.4 is 5.73 Å². The molecule has 0 radical (unpaired) electrons. The van der Waals surface area contributed by atoms with Crippen molar-refractivity contribution in [2.45, 2.75) is 64.9 Å². The van der Waals surface area contributed by atoms with Crippen molar-refractivity contribution in [2.24, 2.45) is 11.7 Å². The SMILES string of the molecule is CC(C)(C)OC(N)=O.O=C(O)CC1CCCCC1. The van der Waals surface area contributed by atoms with E-state index in [4.69, 9.17) is 10.8 Å². The molecule has 0 aromatic carbocycles. The lowest BCUT2D eigenvalue weighted by Gasteiger charge is -2.18. The highest BCUT2D eigenvalue weighted by atomic mass is 16.6. The number of amides is 1. The van der Waals surface area contributed by atoms with E-state index in [2.05, 4.69) is 4.74 Å². The van der Waals surface area contributed by atoms with Gasteiger partial charge in [-0.15, -0.1) is 0 Å².